The molecule has 1 heterocycles. The van der Waals surface area contributed by atoms with Gasteiger partial charge in [-0.2, -0.15) is 4.57 Å². The third kappa shape index (κ3) is 3.17. The lowest BCUT2D eigenvalue weighted by Gasteiger charge is -2.18. The SMILES string of the molecule is [2H]C([2H])([2H])C([2H])(c1cccc(C([2H])(C([2H])([2H])[2H])C([2H])([2H])[2H])c1-n1c(-c2ccccc2C)[n+](C)c2ccccc21)C([2H])([2H])[2H]. The maximum absolute atomic E-state index is 9.11. The summed E-state index contributed by atoms with van der Waals surface area (Å²) in [6, 6.07) is 17.1. The van der Waals surface area contributed by atoms with Gasteiger partial charge >= 0.3 is 0 Å². The average Bonchev–Trinajstić information content (AvgIpc) is 3.16. The Morgan fingerprint density at radius 3 is 2.10 bits per heavy atom. The molecule has 0 fully saturated rings. The van der Waals surface area contributed by atoms with Gasteiger partial charge in [-0.3, -0.25) is 0 Å². The predicted molar refractivity (Wildman–Crippen MR) is 123 cm³/mol. The molecule has 0 radical (unpaired) electrons. The van der Waals surface area contributed by atoms with E-state index in [4.69, 9.17) is 19.2 Å². The van der Waals surface area contributed by atoms with Gasteiger partial charge in [0, 0.05) is 30.3 Å². The van der Waals surface area contributed by atoms with Crippen molar-refractivity contribution in [3.63, 3.8) is 0 Å². The maximum Gasteiger partial charge on any atom is 0.295 e. The first-order valence-electron chi connectivity index (χ1n) is 16.2. The summed E-state index contributed by atoms with van der Waals surface area (Å²) in [5.41, 5.74) is 0.430. The molecule has 0 bridgehead atoms. The summed E-state index contributed by atoms with van der Waals surface area (Å²) in [6.45, 7) is -12.2. The summed E-state index contributed by atoms with van der Waals surface area (Å²) in [5, 5.41) is 0. The van der Waals surface area contributed by atoms with E-state index in [0.29, 0.717) is 22.4 Å². The number of imidazole rings is 1. The van der Waals surface area contributed by atoms with Crippen LogP contribution in [-0.4, -0.2) is 4.57 Å². The van der Waals surface area contributed by atoms with Gasteiger partial charge in [0.05, 0.1) is 12.6 Å². The van der Waals surface area contributed by atoms with Gasteiger partial charge in [0.1, 0.15) is 5.69 Å². The molecule has 0 saturated heterocycles. The van der Waals surface area contributed by atoms with Crippen LogP contribution in [0.2, 0.25) is 0 Å². The van der Waals surface area contributed by atoms with E-state index in [0.717, 1.165) is 23.8 Å². The molecular weight excluding hydrogens is 352 g/mol. The van der Waals surface area contributed by atoms with Crippen LogP contribution in [0.1, 0.15) is 75.1 Å². The third-order valence-corrected chi connectivity index (χ3v) is 5.20. The highest BCUT2D eigenvalue weighted by Gasteiger charge is 2.30. The van der Waals surface area contributed by atoms with Crippen LogP contribution >= 0.6 is 0 Å². The van der Waals surface area contributed by atoms with Gasteiger partial charge in [-0.25, -0.2) is 4.57 Å². The smallest absolute Gasteiger partial charge is 0.225 e. The topological polar surface area (TPSA) is 8.81 Å². The summed E-state index contributed by atoms with van der Waals surface area (Å²) < 4.78 is 120. The highest BCUT2D eigenvalue weighted by atomic mass is 15.2. The molecule has 148 valence electrons. The van der Waals surface area contributed by atoms with Gasteiger partial charge in [0.25, 0.3) is 5.82 Å². The van der Waals surface area contributed by atoms with E-state index in [1.165, 1.54) is 4.57 Å². The van der Waals surface area contributed by atoms with E-state index < -0.39 is 56.0 Å². The molecule has 29 heavy (non-hydrogen) atoms. The molecule has 0 spiro atoms. The zero-order chi connectivity index (χ0) is 32.6. The van der Waals surface area contributed by atoms with Gasteiger partial charge in [-0.15, -0.1) is 0 Å². The zero-order valence-electron chi connectivity index (χ0n) is 30.2. The van der Waals surface area contributed by atoms with Crippen molar-refractivity contribution in [1.82, 2.24) is 4.57 Å². The zero-order valence-corrected chi connectivity index (χ0v) is 16.2. The van der Waals surface area contributed by atoms with Gasteiger partial charge < -0.3 is 0 Å². The van der Waals surface area contributed by atoms with Crippen molar-refractivity contribution in [3.05, 3.63) is 83.4 Å². The first-order chi connectivity index (χ1) is 19.5. The number of nitrogens with zero attached hydrogens (tertiary/aromatic N) is 2. The molecule has 0 aliphatic carbocycles. The van der Waals surface area contributed by atoms with E-state index >= 15 is 0 Å². The van der Waals surface area contributed by atoms with Gasteiger partial charge in [-0.05, 0) is 42.5 Å². The highest BCUT2D eigenvalue weighted by Crippen LogP contribution is 2.36. The first kappa shape index (κ1) is 8.87. The van der Waals surface area contributed by atoms with Gasteiger partial charge in [-0.1, -0.05) is 75.9 Å². The van der Waals surface area contributed by atoms with Crippen LogP contribution in [0.3, 0.4) is 0 Å². The molecule has 0 N–H and O–H groups in total. The van der Waals surface area contributed by atoms with Crippen molar-refractivity contribution in [3.8, 4) is 17.1 Å². The second kappa shape index (κ2) is 7.51. The van der Waals surface area contributed by atoms with Crippen molar-refractivity contribution >= 4 is 11.0 Å². The Kier molecular flexibility index (Phi) is 2.30. The summed E-state index contributed by atoms with van der Waals surface area (Å²) in [4.78, 5) is 0. The number of benzene rings is 3. The van der Waals surface area contributed by atoms with Crippen molar-refractivity contribution in [1.29, 1.82) is 0 Å². The number of aromatic nitrogens is 2. The molecule has 1 aromatic heterocycles. The quantitative estimate of drug-likeness (QED) is 0.340. The van der Waals surface area contributed by atoms with Crippen LogP contribution in [0.15, 0.2) is 66.7 Å². The lowest BCUT2D eigenvalue weighted by molar-refractivity contribution is -0.633. The Labute approximate surface area is 194 Å². The Balaban J connectivity index is 2.42. The van der Waals surface area contributed by atoms with Gasteiger partial charge in [0.15, 0.2) is 11.0 Å². The van der Waals surface area contributed by atoms with E-state index in [2.05, 4.69) is 0 Å². The maximum atomic E-state index is 9.11. The summed E-state index contributed by atoms with van der Waals surface area (Å²) in [6.07, 6.45) is 0. The number of fused-ring (bicyclic) bond motifs is 1. The molecule has 2 nitrogen and oxygen atoms in total. The van der Waals surface area contributed by atoms with Crippen molar-refractivity contribution in [2.75, 3.05) is 0 Å². The lowest BCUT2D eigenvalue weighted by atomic mass is 9.92. The molecule has 0 atom stereocenters. The molecule has 0 saturated carbocycles. The number of hydrogen-bond acceptors (Lipinski definition) is 0. The Morgan fingerprint density at radius 2 is 1.45 bits per heavy atom. The van der Waals surface area contributed by atoms with Crippen LogP contribution in [0.25, 0.3) is 28.1 Å². The van der Waals surface area contributed by atoms with E-state index in [1.807, 2.05) is 13.0 Å². The largest absolute Gasteiger partial charge is 0.295 e. The number of hydrogen-bond donors (Lipinski definition) is 0. The number of rotatable bonds is 4. The standard InChI is InChI=1S/C27H31N2/c1-18(2)21-14-11-15-22(19(3)4)26(21)29-25-17-10-9-16-24(25)28(6)27(29)23-13-8-7-12-20(23)5/h7-19H,1-6H3/q+1/i1D3,2D3,3D3,4D3,18D,19D. The van der Waals surface area contributed by atoms with Crippen molar-refractivity contribution in [2.24, 2.45) is 7.05 Å². The first-order valence-corrected chi connectivity index (χ1v) is 9.21. The molecule has 0 amide bonds. The molecule has 0 aliphatic heterocycles. The van der Waals surface area contributed by atoms with Crippen LogP contribution in [0.5, 0.6) is 0 Å². The summed E-state index contributed by atoms with van der Waals surface area (Å²) >= 11 is 0. The van der Waals surface area contributed by atoms with Crippen LogP contribution in [0.4, 0.5) is 0 Å². The molecular formula is C27H31N2+. The number of para-hydroxylation sites is 3. The van der Waals surface area contributed by atoms with Crippen LogP contribution in [-0.2, 0) is 7.05 Å². The van der Waals surface area contributed by atoms with Crippen LogP contribution in [0, 0.1) is 6.92 Å². The molecule has 0 unspecified atom stereocenters. The lowest BCUT2D eigenvalue weighted by Crippen LogP contribution is -2.30. The Hall–Kier alpha value is -2.87. The normalized spacial score (nSPS) is 21.3. The second-order valence-electron chi connectivity index (χ2n) is 6.97. The fourth-order valence-corrected chi connectivity index (χ4v) is 3.85. The molecule has 0 aliphatic rings. The van der Waals surface area contributed by atoms with E-state index in [-0.39, 0.29) is 0 Å². The average molecular weight is 398 g/mol. The molecule has 3 aromatic carbocycles. The second-order valence-corrected chi connectivity index (χ2v) is 6.97. The molecule has 4 aromatic rings. The Morgan fingerprint density at radius 1 is 0.828 bits per heavy atom. The highest BCUT2D eigenvalue weighted by molar-refractivity contribution is 5.80. The molecule has 2 heteroatoms. The summed E-state index contributed by atoms with van der Waals surface area (Å²) in [5.74, 6) is -6.39. The van der Waals surface area contributed by atoms with E-state index in [9.17, 15) is 0 Å². The minimum Gasteiger partial charge on any atom is -0.225 e. The fraction of sp³-hybridized carbons (Fsp3) is 0.296. The third-order valence-electron chi connectivity index (χ3n) is 5.20. The summed E-state index contributed by atoms with van der Waals surface area (Å²) in [7, 11) is 1.70. The van der Waals surface area contributed by atoms with Crippen LogP contribution < -0.4 is 4.57 Å². The van der Waals surface area contributed by atoms with Crippen molar-refractivity contribution in [2.45, 2.75) is 46.1 Å². The fourth-order valence-electron chi connectivity index (χ4n) is 3.85. The molecule has 4 rings (SSSR count). The monoisotopic (exact) mass is 397 g/mol. The van der Waals surface area contributed by atoms with Gasteiger partial charge in [0.2, 0.25) is 0 Å². The minimum absolute atomic E-state index is 0.324. The van der Waals surface area contributed by atoms with E-state index in [1.54, 1.807) is 54.1 Å². The minimum atomic E-state index is -3.50. The van der Waals surface area contributed by atoms with Crippen molar-refractivity contribution < 1.29 is 23.8 Å². The Bertz CT molecular complexity index is 1590. The predicted octanol–water partition coefficient (Wildman–Crippen LogP) is 6.68. The number of aryl methyl sites for hydroxylation is 2.